The molecule has 19 heavy (non-hydrogen) atoms. The van der Waals surface area contributed by atoms with Gasteiger partial charge in [-0.15, -0.1) is 11.8 Å². The quantitative estimate of drug-likeness (QED) is 0.797. The second-order valence-corrected chi connectivity index (χ2v) is 4.27. The van der Waals surface area contributed by atoms with Crippen LogP contribution in [0.1, 0.15) is 11.6 Å². The summed E-state index contributed by atoms with van der Waals surface area (Å²) in [7, 11) is 0. The van der Waals surface area contributed by atoms with Crippen LogP contribution < -0.4 is 5.32 Å². The number of hydrogen-bond acceptors (Lipinski definition) is 5. The molecule has 0 saturated heterocycles. The van der Waals surface area contributed by atoms with Gasteiger partial charge in [-0.3, -0.25) is 0 Å². The number of allylic oxidation sites excluding steroid dienone is 1. The molecule has 1 aromatic carbocycles. The number of nitriles is 2. The number of rotatable bonds is 5. The Hall–Kier alpha value is -2.44. The zero-order valence-corrected chi connectivity index (χ0v) is 10.9. The number of thioether (sulfide) groups is 1. The molecule has 0 saturated carbocycles. The van der Waals surface area contributed by atoms with Crippen molar-refractivity contribution in [2.45, 2.75) is 6.04 Å². The Balaban J connectivity index is 3.12. The first-order valence-electron chi connectivity index (χ1n) is 5.26. The topological polar surface area (TPSA) is 96.9 Å². The largest absolute Gasteiger partial charge is 0.479 e. The van der Waals surface area contributed by atoms with E-state index in [0.717, 1.165) is 11.8 Å². The van der Waals surface area contributed by atoms with E-state index in [1.54, 1.807) is 48.7 Å². The van der Waals surface area contributed by atoms with E-state index in [1.807, 2.05) is 0 Å². The fourth-order valence-electron chi connectivity index (χ4n) is 1.42. The van der Waals surface area contributed by atoms with Crippen LogP contribution in [0.15, 0.2) is 40.9 Å². The third-order valence-electron chi connectivity index (χ3n) is 2.31. The van der Waals surface area contributed by atoms with E-state index in [4.69, 9.17) is 10.5 Å². The van der Waals surface area contributed by atoms with E-state index < -0.39 is 12.0 Å². The molecule has 1 rings (SSSR count). The minimum absolute atomic E-state index is 0.130. The van der Waals surface area contributed by atoms with Crippen molar-refractivity contribution in [3.63, 3.8) is 0 Å². The maximum absolute atomic E-state index is 11.3. The maximum Gasteiger partial charge on any atom is 0.330 e. The van der Waals surface area contributed by atoms with E-state index >= 15 is 0 Å². The van der Waals surface area contributed by atoms with Gasteiger partial charge in [-0.25, -0.2) is 4.79 Å². The summed E-state index contributed by atoms with van der Waals surface area (Å²) in [5, 5.41) is 29.8. The van der Waals surface area contributed by atoms with Crippen molar-refractivity contribution < 1.29 is 9.90 Å². The van der Waals surface area contributed by atoms with E-state index in [1.165, 1.54) is 0 Å². The molecule has 0 fully saturated rings. The van der Waals surface area contributed by atoms with Gasteiger partial charge in [-0.1, -0.05) is 30.3 Å². The van der Waals surface area contributed by atoms with Gasteiger partial charge in [0, 0.05) is 0 Å². The first kappa shape index (κ1) is 14.6. The lowest BCUT2D eigenvalue weighted by molar-refractivity contribution is -0.139. The van der Waals surface area contributed by atoms with Crippen LogP contribution in [-0.4, -0.2) is 17.3 Å². The van der Waals surface area contributed by atoms with Gasteiger partial charge in [0.25, 0.3) is 0 Å². The molecule has 0 heterocycles. The van der Waals surface area contributed by atoms with E-state index in [2.05, 4.69) is 5.32 Å². The lowest BCUT2D eigenvalue weighted by atomic mass is 10.1. The summed E-state index contributed by atoms with van der Waals surface area (Å²) >= 11 is 1.13. The van der Waals surface area contributed by atoms with Crippen LogP contribution in [0.4, 0.5) is 0 Å². The molecule has 0 amide bonds. The predicted octanol–water partition coefficient (Wildman–Crippen LogP) is 2.02. The second kappa shape index (κ2) is 7.10. The highest BCUT2D eigenvalue weighted by Crippen LogP contribution is 2.20. The van der Waals surface area contributed by atoms with Gasteiger partial charge in [0.1, 0.15) is 12.1 Å². The number of carboxylic acids is 1. The maximum atomic E-state index is 11.3. The summed E-state index contributed by atoms with van der Waals surface area (Å²) < 4.78 is 0. The lowest BCUT2D eigenvalue weighted by Gasteiger charge is -2.17. The predicted molar refractivity (Wildman–Crippen MR) is 71.7 cm³/mol. The molecule has 0 bridgehead atoms. The molecule has 0 aromatic heterocycles. The summed E-state index contributed by atoms with van der Waals surface area (Å²) in [6.07, 6.45) is 1.67. The Bertz CT molecular complexity index is 554. The Morgan fingerprint density at radius 2 is 1.89 bits per heavy atom. The van der Waals surface area contributed by atoms with Crippen LogP contribution in [0.5, 0.6) is 0 Å². The summed E-state index contributed by atoms with van der Waals surface area (Å²) in [4.78, 5) is 11.3. The third kappa shape index (κ3) is 3.77. The molecule has 0 radical (unpaired) electrons. The average Bonchev–Trinajstić information content (AvgIpc) is 2.44. The lowest BCUT2D eigenvalue weighted by Crippen LogP contribution is -2.27. The minimum Gasteiger partial charge on any atom is -0.479 e. The van der Waals surface area contributed by atoms with Gasteiger partial charge in [0.2, 0.25) is 0 Å². The molecule has 96 valence electrons. The summed E-state index contributed by atoms with van der Waals surface area (Å²) in [5.74, 6) is -1.08. The highest BCUT2D eigenvalue weighted by Gasteiger charge is 2.21. The number of carboxylic acid groups (broad SMARTS) is 1. The highest BCUT2D eigenvalue weighted by molar-refractivity contribution is 8.02. The molecule has 2 N–H and O–H groups in total. The first-order valence-corrected chi connectivity index (χ1v) is 6.49. The van der Waals surface area contributed by atoms with Gasteiger partial charge in [0.15, 0.2) is 11.6 Å². The smallest absolute Gasteiger partial charge is 0.330 e. The first-order chi connectivity index (χ1) is 9.13. The van der Waals surface area contributed by atoms with Crippen LogP contribution in [-0.2, 0) is 4.79 Å². The van der Waals surface area contributed by atoms with Gasteiger partial charge >= 0.3 is 5.97 Å². The van der Waals surface area contributed by atoms with Crippen LogP contribution in [0.3, 0.4) is 0 Å². The Labute approximate surface area is 115 Å². The number of nitrogens with zero attached hydrogens (tertiary/aromatic N) is 2. The van der Waals surface area contributed by atoms with Crippen LogP contribution in [0, 0.1) is 22.7 Å². The fourth-order valence-corrected chi connectivity index (χ4v) is 1.96. The molecule has 1 atom stereocenters. The number of nitrogens with one attached hydrogen (secondary N) is 1. The molecular weight excluding hydrogens is 262 g/mol. The van der Waals surface area contributed by atoms with Gasteiger partial charge in [0.05, 0.1) is 5.03 Å². The van der Waals surface area contributed by atoms with Crippen molar-refractivity contribution in [1.82, 2.24) is 5.32 Å². The number of benzene rings is 1. The summed E-state index contributed by atoms with van der Waals surface area (Å²) in [5.41, 5.74) is 0.423. The zero-order valence-electron chi connectivity index (χ0n) is 10.1. The highest BCUT2D eigenvalue weighted by atomic mass is 32.2. The van der Waals surface area contributed by atoms with Crippen LogP contribution >= 0.6 is 11.8 Å². The molecule has 1 aromatic rings. The SMILES string of the molecule is CSC(N[C@@H](C(=O)O)c1ccccc1)=C(C#N)C#N. The second-order valence-electron chi connectivity index (χ2n) is 3.46. The average molecular weight is 273 g/mol. The van der Waals surface area contributed by atoms with Crippen molar-refractivity contribution in [3.8, 4) is 12.1 Å². The van der Waals surface area contributed by atoms with E-state index in [9.17, 15) is 9.90 Å². The van der Waals surface area contributed by atoms with Crippen molar-refractivity contribution in [2.24, 2.45) is 0 Å². The third-order valence-corrected chi connectivity index (χ3v) is 3.04. The molecule has 0 unspecified atom stereocenters. The molecule has 0 aliphatic carbocycles. The summed E-state index contributed by atoms with van der Waals surface area (Å²) in [6, 6.07) is 11.1. The molecule has 0 spiro atoms. The zero-order chi connectivity index (χ0) is 14.3. The van der Waals surface area contributed by atoms with Crippen molar-refractivity contribution in [2.75, 3.05) is 6.26 Å². The number of hydrogen-bond donors (Lipinski definition) is 2. The van der Waals surface area contributed by atoms with E-state index in [-0.39, 0.29) is 10.6 Å². The van der Waals surface area contributed by atoms with Crippen molar-refractivity contribution >= 4 is 17.7 Å². The number of aliphatic carboxylic acids is 1. The van der Waals surface area contributed by atoms with E-state index in [0.29, 0.717) is 5.56 Å². The Kier molecular flexibility index (Phi) is 5.46. The molecule has 0 aliphatic rings. The van der Waals surface area contributed by atoms with Gasteiger partial charge in [-0.05, 0) is 11.8 Å². The standard InChI is InChI=1S/C13H11N3O2S/c1-19-12(10(7-14)8-15)16-11(13(17)18)9-5-3-2-4-6-9/h2-6,11,16H,1H3,(H,17,18)/t11-/m1/s1. The Morgan fingerprint density at radius 1 is 1.32 bits per heavy atom. The van der Waals surface area contributed by atoms with Gasteiger partial charge < -0.3 is 10.4 Å². The Morgan fingerprint density at radius 3 is 2.32 bits per heavy atom. The van der Waals surface area contributed by atoms with Crippen LogP contribution in [0.25, 0.3) is 0 Å². The molecular formula is C13H11N3O2S. The molecule has 0 aliphatic heterocycles. The fraction of sp³-hybridized carbons (Fsp3) is 0.154. The minimum atomic E-state index is -1.08. The van der Waals surface area contributed by atoms with Crippen molar-refractivity contribution in [1.29, 1.82) is 10.5 Å². The summed E-state index contributed by atoms with van der Waals surface area (Å²) in [6.45, 7) is 0. The molecule has 5 nitrogen and oxygen atoms in total. The van der Waals surface area contributed by atoms with Crippen molar-refractivity contribution in [3.05, 3.63) is 46.5 Å². The normalized spacial score (nSPS) is 10.7. The number of carbonyl (C=O) groups is 1. The monoisotopic (exact) mass is 273 g/mol. The van der Waals surface area contributed by atoms with Gasteiger partial charge in [-0.2, -0.15) is 10.5 Å². The molecule has 6 heteroatoms. The van der Waals surface area contributed by atoms with Crippen LogP contribution in [0.2, 0.25) is 0 Å².